The fourth-order valence-electron chi connectivity index (χ4n) is 3.70. The van der Waals surface area contributed by atoms with E-state index in [1.807, 2.05) is 67.6 Å². The van der Waals surface area contributed by atoms with Gasteiger partial charge in [0, 0.05) is 6.54 Å². The summed E-state index contributed by atoms with van der Waals surface area (Å²) in [7, 11) is 0. The Balaban J connectivity index is 1.62. The second-order valence-electron chi connectivity index (χ2n) is 7.13. The zero-order valence-corrected chi connectivity index (χ0v) is 16.6. The van der Waals surface area contributed by atoms with Crippen molar-refractivity contribution in [3.63, 3.8) is 0 Å². The molecule has 148 valence electrons. The molecule has 0 bridgehead atoms. The van der Waals surface area contributed by atoms with Gasteiger partial charge in [-0.1, -0.05) is 67.6 Å². The Kier molecular flexibility index (Phi) is 4.55. The minimum Gasteiger partial charge on any atom is -0.297 e. The van der Waals surface area contributed by atoms with Crippen molar-refractivity contribution in [2.24, 2.45) is 0 Å². The van der Waals surface area contributed by atoms with Crippen LogP contribution in [-0.4, -0.2) is 29.4 Å². The smallest absolute Gasteiger partial charge is 0.283 e. The minimum absolute atomic E-state index is 0.208. The van der Waals surface area contributed by atoms with Gasteiger partial charge >= 0.3 is 0 Å². The van der Waals surface area contributed by atoms with Gasteiger partial charge in [0.1, 0.15) is 6.33 Å². The lowest BCUT2D eigenvalue weighted by atomic mass is 10.0. The molecule has 7 heteroatoms. The number of benzene rings is 2. The number of hydrogen-bond donors (Lipinski definition) is 0. The molecule has 5 rings (SSSR count). The van der Waals surface area contributed by atoms with Crippen molar-refractivity contribution in [2.75, 3.05) is 0 Å². The molecule has 0 atom stereocenters. The Morgan fingerprint density at radius 3 is 2.37 bits per heavy atom. The molecule has 3 heterocycles. The second kappa shape index (κ2) is 7.51. The van der Waals surface area contributed by atoms with E-state index in [0.717, 1.165) is 35.2 Å². The van der Waals surface area contributed by atoms with Gasteiger partial charge in [0.25, 0.3) is 5.56 Å². The van der Waals surface area contributed by atoms with Crippen LogP contribution in [0.2, 0.25) is 0 Å². The highest BCUT2D eigenvalue weighted by molar-refractivity contribution is 5.83. The summed E-state index contributed by atoms with van der Waals surface area (Å²) >= 11 is 0. The van der Waals surface area contributed by atoms with Crippen LogP contribution in [0.1, 0.15) is 18.2 Å². The standard InChI is InChI=1S/C23H20N6O/c1-2-18-19(17-11-7-4-8-12-17)21-26-25-20-22(29(21)27-18)24-15-28(23(20)30)14-13-16-9-5-3-6-10-16/h3-12,15H,2,13-14H2,1H3. The SMILES string of the molecule is CCc1nn2c(nnc3c(=O)n(CCc4ccccc4)cnc32)c1-c1ccccc1. The van der Waals surface area contributed by atoms with Crippen molar-refractivity contribution < 1.29 is 0 Å². The van der Waals surface area contributed by atoms with E-state index in [1.165, 1.54) is 0 Å². The van der Waals surface area contributed by atoms with Gasteiger partial charge in [0.05, 0.1) is 11.3 Å². The van der Waals surface area contributed by atoms with E-state index in [2.05, 4.69) is 15.2 Å². The molecule has 0 aliphatic rings. The molecule has 30 heavy (non-hydrogen) atoms. The topological polar surface area (TPSA) is 78.0 Å². The van der Waals surface area contributed by atoms with Crippen LogP contribution in [0.3, 0.4) is 0 Å². The number of rotatable bonds is 5. The maximum Gasteiger partial charge on any atom is 0.283 e. The molecule has 0 aliphatic heterocycles. The number of hydrogen-bond acceptors (Lipinski definition) is 5. The van der Waals surface area contributed by atoms with Crippen molar-refractivity contribution in [2.45, 2.75) is 26.3 Å². The van der Waals surface area contributed by atoms with E-state index >= 15 is 0 Å². The molecule has 3 aromatic heterocycles. The molecule has 0 saturated heterocycles. The summed E-state index contributed by atoms with van der Waals surface area (Å²) in [5.41, 5.74) is 5.08. The molecule has 0 aliphatic carbocycles. The summed E-state index contributed by atoms with van der Waals surface area (Å²) < 4.78 is 3.23. The number of aryl methyl sites for hydroxylation is 3. The fourth-order valence-corrected chi connectivity index (χ4v) is 3.70. The van der Waals surface area contributed by atoms with Gasteiger partial charge in [-0.15, -0.1) is 10.2 Å². The third kappa shape index (κ3) is 3.04. The molecule has 0 fully saturated rings. The van der Waals surface area contributed by atoms with Crippen LogP contribution < -0.4 is 5.56 Å². The van der Waals surface area contributed by atoms with Crippen molar-refractivity contribution >= 4 is 16.8 Å². The van der Waals surface area contributed by atoms with Crippen LogP contribution in [-0.2, 0) is 19.4 Å². The fraction of sp³-hybridized carbons (Fsp3) is 0.174. The maximum absolute atomic E-state index is 13.0. The van der Waals surface area contributed by atoms with Crippen LogP contribution in [0.25, 0.3) is 27.9 Å². The Morgan fingerprint density at radius 2 is 1.63 bits per heavy atom. The first-order chi connectivity index (χ1) is 14.8. The molecular formula is C23H20N6O. The molecule has 0 spiro atoms. The third-order valence-corrected chi connectivity index (χ3v) is 5.26. The molecule has 0 amide bonds. The zero-order chi connectivity index (χ0) is 20.5. The Labute approximate surface area is 172 Å². The van der Waals surface area contributed by atoms with Gasteiger partial charge in [-0.3, -0.25) is 9.36 Å². The molecular weight excluding hydrogens is 376 g/mol. The predicted molar refractivity (Wildman–Crippen MR) is 115 cm³/mol. The summed E-state index contributed by atoms with van der Waals surface area (Å²) in [5, 5.41) is 13.3. The summed E-state index contributed by atoms with van der Waals surface area (Å²) in [6.07, 6.45) is 3.05. The van der Waals surface area contributed by atoms with Crippen molar-refractivity contribution in [1.82, 2.24) is 29.4 Å². The van der Waals surface area contributed by atoms with Crippen LogP contribution in [0.5, 0.6) is 0 Å². The van der Waals surface area contributed by atoms with E-state index in [0.29, 0.717) is 17.8 Å². The van der Waals surface area contributed by atoms with Gasteiger partial charge in [-0.2, -0.15) is 9.61 Å². The summed E-state index contributed by atoms with van der Waals surface area (Å²) in [6, 6.07) is 20.0. The van der Waals surface area contributed by atoms with E-state index < -0.39 is 0 Å². The summed E-state index contributed by atoms with van der Waals surface area (Å²) in [6.45, 7) is 2.58. The highest BCUT2D eigenvalue weighted by atomic mass is 16.1. The predicted octanol–water partition coefficient (Wildman–Crippen LogP) is 3.31. The van der Waals surface area contributed by atoms with E-state index in [-0.39, 0.29) is 11.1 Å². The first-order valence-corrected chi connectivity index (χ1v) is 9.99. The van der Waals surface area contributed by atoms with Crippen molar-refractivity contribution in [3.8, 4) is 11.1 Å². The van der Waals surface area contributed by atoms with E-state index in [4.69, 9.17) is 5.10 Å². The van der Waals surface area contributed by atoms with Crippen LogP contribution in [0.15, 0.2) is 71.8 Å². The van der Waals surface area contributed by atoms with Gasteiger partial charge in [-0.25, -0.2) is 4.98 Å². The average molecular weight is 396 g/mol. The average Bonchev–Trinajstić information content (AvgIpc) is 3.19. The molecule has 2 aromatic carbocycles. The lowest BCUT2D eigenvalue weighted by Crippen LogP contribution is -2.23. The molecule has 0 saturated carbocycles. The summed E-state index contributed by atoms with van der Waals surface area (Å²) in [5.74, 6) is 0. The van der Waals surface area contributed by atoms with Gasteiger partial charge < -0.3 is 0 Å². The van der Waals surface area contributed by atoms with Crippen LogP contribution in [0, 0.1) is 0 Å². The first kappa shape index (κ1) is 18.2. The largest absolute Gasteiger partial charge is 0.297 e. The normalized spacial score (nSPS) is 11.4. The van der Waals surface area contributed by atoms with E-state index in [9.17, 15) is 4.79 Å². The Hall–Kier alpha value is -3.87. The van der Waals surface area contributed by atoms with Crippen molar-refractivity contribution in [1.29, 1.82) is 0 Å². The Bertz CT molecular complexity index is 1390. The number of fused-ring (bicyclic) bond motifs is 3. The van der Waals surface area contributed by atoms with Crippen LogP contribution >= 0.6 is 0 Å². The number of aromatic nitrogens is 6. The molecule has 5 aromatic rings. The highest BCUT2D eigenvalue weighted by Crippen LogP contribution is 2.28. The quantitative estimate of drug-likeness (QED) is 0.455. The lowest BCUT2D eigenvalue weighted by molar-refractivity contribution is 0.657. The monoisotopic (exact) mass is 396 g/mol. The second-order valence-corrected chi connectivity index (χ2v) is 7.13. The van der Waals surface area contributed by atoms with Crippen molar-refractivity contribution in [3.05, 3.63) is 88.6 Å². The van der Waals surface area contributed by atoms with E-state index in [1.54, 1.807) is 15.4 Å². The highest BCUT2D eigenvalue weighted by Gasteiger charge is 2.19. The maximum atomic E-state index is 13.0. The molecule has 0 N–H and O–H groups in total. The molecule has 7 nitrogen and oxygen atoms in total. The number of nitrogens with zero attached hydrogens (tertiary/aromatic N) is 6. The van der Waals surface area contributed by atoms with Gasteiger partial charge in [-0.05, 0) is 24.0 Å². The Morgan fingerprint density at radius 1 is 0.900 bits per heavy atom. The van der Waals surface area contributed by atoms with Crippen LogP contribution in [0.4, 0.5) is 0 Å². The molecule has 0 radical (unpaired) electrons. The zero-order valence-electron chi connectivity index (χ0n) is 16.6. The molecule has 0 unspecified atom stereocenters. The minimum atomic E-state index is -0.208. The first-order valence-electron chi connectivity index (χ1n) is 9.99. The van der Waals surface area contributed by atoms with Gasteiger partial charge in [0.2, 0.25) is 0 Å². The van der Waals surface area contributed by atoms with Gasteiger partial charge in [0.15, 0.2) is 16.8 Å². The lowest BCUT2D eigenvalue weighted by Gasteiger charge is -2.07. The third-order valence-electron chi connectivity index (χ3n) is 5.26. The summed E-state index contributed by atoms with van der Waals surface area (Å²) in [4.78, 5) is 17.5.